The molecule has 4 nitrogen and oxygen atoms in total. The van der Waals surface area contributed by atoms with Crippen LogP contribution in [-0.2, 0) is 6.18 Å². The lowest BCUT2D eigenvalue weighted by atomic mass is 10.2. The van der Waals surface area contributed by atoms with Crippen molar-refractivity contribution in [2.24, 2.45) is 0 Å². The van der Waals surface area contributed by atoms with Crippen LogP contribution in [0.2, 0.25) is 0 Å². The number of hydrogen-bond acceptors (Lipinski definition) is 4. The first kappa shape index (κ1) is 16.3. The SMILES string of the molecule is CN(C(=O)c1snnc1C(F)F)c1cccc(C(F)(F)F)c1. The van der Waals surface area contributed by atoms with Gasteiger partial charge in [-0.05, 0) is 29.7 Å². The molecule has 118 valence electrons. The molecule has 0 unspecified atom stereocenters. The minimum absolute atomic E-state index is 0.0755. The molecule has 0 aliphatic carbocycles. The maximum atomic E-state index is 12.7. The summed E-state index contributed by atoms with van der Waals surface area (Å²) in [5.41, 5.74) is -1.80. The number of amides is 1. The van der Waals surface area contributed by atoms with Crippen molar-refractivity contribution in [3.63, 3.8) is 0 Å². The smallest absolute Gasteiger partial charge is 0.311 e. The molecule has 0 fully saturated rings. The van der Waals surface area contributed by atoms with Crippen molar-refractivity contribution in [1.29, 1.82) is 0 Å². The summed E-state index contributed by atoms with van der Waals surface area (Å²) >= 11 is 0.464. The third-order valence-corrected chi connectivity index (χ3v) is 3.51. The van der Waals surface area contributed by atoms with Crippen LogP contribution in [0, 0.1) is 0 Å². The molecule has 1 amide bonds. The van der Waals surface area contributed by atoms with E-state index in [-0.39, 0.29) is 5.69 Å². The molecule has 1 heterocycles. The molecule has 2 rings (SSSR count). The van der Waals surface area contributed by atoms with Gasteiger partial charge >= 0.3 is 6.18 Å². The Morgan fingerprint density at radius 1 is 1.32 bits per heavy atom. The average Bonchev–Trinajstić information content (AvgIpc) is 2.94. The second-order valence-electron chi connectivity index (χ2n) is 4.20. The number of alkyl halides is 5. The number of halogens is 5. The van der Waals surface area contributed by atoms with Crippen molar-refractivity contribution >= 4 is 23.1 Å². The minimum Gasteiger partial charge on any atom is -0.311 e. The van der Waals surface area contributed by atoms with Crippen molar-refractivity contribution in [3.8, 4) is 0 Å². The molecule has 0 aliphatic heterocycles. The van der Waals surface area contributed by atoms with E-state index in [0.29, 0.717) is 11.5 Å². The predicted molar refractivity (Wildman–Crippen MR) is 69.0 cm³/mol. The van der Waals surface area contributed by atoms with Gasteiger partial charge in [0.1, 0.15) is 4.88 Å². The highest BCUT2D eigenvalue weighted by atomic mass is 32.1. The number of rotatable bonds is 3. The van der Waals surface area contributed by atoms with Crippen molar-refractivity contribution in [2.45, 2.75) is 12.6 Å². The molecule has 0 bridgehead atoms. The van der Waals surface area contributed by atoms with Crippen LogP contribution in [0.15, 0.2) is 24.3 Å². The van der Waals surface area contributed by atoms with Gasteiger partial charge < -0.3 is 4.90 Å². The third kappa shape index (κ3) is 3.21. The van der Waals surface area contributed by atoms with Crippen LogP contribution in [-0.4, -0.2) is 22.5 Å². The molecule has 0 radical (unpaired) electrons. The number of carbonyl (C=O) groups is 1. The van der Waals surface area contributed by atoms with Crippen LogP contribution in [0.25, 0.3) is 0 Å². The first-order valence-corrected chi connectivity index (χ1v) is 6.55. The van der Waals surface area contributed by atoms with Gasteiger partial charge in [0.2, 0.25) is 0 Å². The van der Waals surface area contributed by atoms with Gasteiger partial charge in [0, 0.05) is 12.7 Å². The Bertz CT molecular complexity index is 685. The van der Waals surface area contributed by atoms with E-state index in [1.165, 1.54) is 13.1 Å². The average molecular weight is 337 g/mol. The lowest BCUT2D eigenvalue weighted by Crippen LogP contribution is -2.26. The van der Waals surface area contributed by atoms with Gasteiger partial charge in [-0.2, -0.15) is 13.2 Å². The van der Waals surface area contributed by atoms with Gasteiger partial charge in [-0.25, -0.2) is 8.78 Å². The van der Waals surface area contributed by atoms with E-state index in [2.05, 4.69) is 9.59 Å². The number of anilines is 1. The van der Waals surface area contributed by atoms with E-state index in [9.17, 15) is 26.7 Å². The topological polar surface area (TPSA) is 46.1 Å². The van der Waals surface area contributed by atoms with E-state index in [4.69, 9.17) is 0 Å². The summed E-state index contributed by atoms with van der Waals surface area (Å²) in [6.45, 7) is 0. The first-order chi connectivity index (χ1) is 10.2. The molecule has 1 aromatic carbocycles. The van der Waals surface area contributed by atoms with Crippen LogP contribution in [0.5, 0.6) is 0 Å². The molecule has 10 heteroatoms. The maximum Gasteiger partial charge on any atom is 0.416 e. The van der Waals surface area contributed by atoms with E-state index in [1.807, 2.05) is 0 Å². The molecule has 0 atom stereocenters. The Hall–Kier alpha value is -2.10. The van der Waals surface area contributed by atoms with Crippen molar-refractivity contribution in [2.75, 3.05) is 11.9 Å². The number of nitrogens with zero attached hydrogens (tertiary/aromatic N) is 3. The van der Waals surface area contributed by atoms with Crippen LogP contribution in [0.3, 0.4) is 0 Å². The molecule has 2 aromatic rings. The Kier molecular flexibility index (Phi) is 4.40. The molecule has 0 aliphatic rings. The highest BCUT2D eigenvalue weighted by Gasteiger charge is 2.32. The van der Waals surface area contributed by atoms with Crippen LogP contribution in [0.1, 0.15) is 27.4 Å². The predicted octanol–water partition coefficient (Wildman–Crippen LogP) is 3.77. The highest BCUT2D eigenvalue weighted by Crippen LogP contribution is 2.32. The van der Waals surface area contributed by atoms with E-state index in [0.717, 1.165) is 23.1 Å². The monoisotopic (exact) mass is 337 g/mol. The molecule has 1 aromatic heterocycles. The summed E-state index contributed by atoms with van der Waals surface area (Å²) in [5, 5.41) is 3.16. The van der Waals surface area contributed by atoms with Gasteiger partial charge in [0.05, 0.1) is 5.56 Å². The molecule has 0 spiro atoms. The Morgan fingerprint density at radius 3 is 2.59 bits per heavy atom. The number of hydrogen-bond donors (Lipinski definition) is 0. The largest absolute Gasteiger partial charge is 0.416 e. The molecule has 0 saturated heterocycles. The molecular formula is C12H8F5N3OS. The Morgan fingerprint density at radius 2 is 2.00 bits per heavy atom. The van der Waals surface area contributed by atoms with E-state index >= 15 is 0 Å². The van der Waals surface area contributed by atoms with E-state index < -0.39 is 34.6 Å². The summed E-state index contributed by atoms with van der Waals surface area (Å²) in [7, 11) is 1.19. The van der Waals surface area contributed by atoms with Gasteiger partial charge in [-0.15, -0.1) is 5.10 Å². The van der Waals surface area contributed by atoms with Gasteiger partial charge in [-0.1, -0.05) is 10.6 Å². The first-order valence-electron chi connectivity index (χ1n) is 5.77. The third-order valence-electron chi connectivity index (χ3n) is 2.78. The quantitative estimate of drug-likeness (QED) is 0.801. The fourth-order valence-electron chi connectivity index (χ4n) is 1.65. The Balaban J connectivity index is 2.33. The summed E-state index contributed by atoms with van der Waals surface area (Å²) in [4.78, 5) is 12.6. The second-order valence-corrected chi connectivity index (χ2v) is 4.95. The van der Waals surface area contributed by atoms with E-state index in [1.54, 1.807) is 0 Å². The number of aromatic nitrogens is 2. The standard InChI is InChI=1S/C12H8F5N3OS/c1-20(7-4-2-3-6(5-7)12(15,16)17)11(21)9-8(10(13)14)18-19-22-9/h2-5,10H,1H3. The zero-order chi connectivity index (χ0) is 16.5. The van der Waals surface area contributed by atoms with Crippen LogP contribution >= 0.6 is 11.5 Å². The second kappa shape index (κ2) is 5.95. The van der Waals surface area contributed by atoms with Crippen molar-refractivity contribution in [3.05, 3.63) is 40.4 Å². The Labute approximate surface area is 125 Å². The number of benzene rings is 1. The molecule has 0 N–H and O–H groups in total. The summed E-state index contributed by atoms with van der Waals surface area (Å²) in [6.07, 6.45) is -7.56. The van der Waals surface area contributed by atoms with Gasteiger partial charge in [0.15, 0.2) is 5.69 Å². The molecular weight excluding hydrogens is 329 g/mol. The summed E-state index contributed by atoms with van der Waals surface area (Å²) in [6, 6.07) is 4.00. The summed E-state index contributed by atoms with van der Waals surface area (Å²) in [5.74, 6) is -0.898. The lowest BCUT2D eigenvalue weighted by Gasteiger charge is -2.18. The molecule has 22 heavy (non-hydrogen) atoms. The number of carbonyl (C=O) groups excluding carboxylic acids is 1. The van der Waals surface area contributed by atoms with Crippen molar-refractivity contribution in [1.82, 2.24) is 9.59 Å². The van der Waals surface area contributed by atoms with Crippen LogP contribution in [0.4, 0.5) is 27.6 Å². The van der Waals surface area contributed by atoms with Gasteiger partial charge in [0.25, 0.3) is 12.3 Å². The summed E-state index contributed by atoms with van der Waals surface area (Å²) < 4.78 is 66.6. The molecule has 0 saturated carbocycles. The zero-order valence-corrected chi connectivity index (χ0v) is 11.8. The normalized spacial score (nSPS) is 11.8. The van der Waals surface area contributed by atoms with Gasteiger partial charge in [-0.3, -0.25) is 4.79 Å². The van der Waals surface area contributed by atoms with Crippen LogP contribution < -0.4 is 4.90 Å². The maximum absolute atomic E-state index is 12.7. The zero-order valence-electron chi connectivity index (χ0n) is 10.9. The van der Waals surface area contributed by atoms with Crippen molar-refractivity contribution < 1.29 is 26.7 Å². The minimum atomic E-state index is -4.57. The fourth-order valence-corrected chi connectivity index (χ4v) is 2.30. The highest BCUT2D eigenvalue weighted by molar-refractivity contribution is 7.08. The lowest BCUT2D eigenvalue weighted by molar-refractivity contribution is -0.137. The fraction of sp³-hybridized carbons (Fsp3) is 0.250.